The molecule has 0 saturated carbocycles. The van der Waals surface area contributed by atoms with Crippen molar-refractivity contribution in [1.82, 2.24) is 4.98 Å². The van der Waals surface area contributed by atoms with Crippen molar-refractivity contribution in [2.24, 2.45) is 0 Å². The Balaban J connectivity index is 1.82. The molecule has 0 aliphatic carbocycles. The summed E-state index contributed by atoms with van der Waals surface area (Å²) in [5.74, 6) is -0.226. The zero-order chi connectivity index (χ0) is 18.4. The molecule has 1 heterocycles. The summed E-state index contributed by atoms with van der Waals surface area (Å²) in [4.78, 5) is 16.6. The van der Waals surface area contributed by atoms with Crippen molar-refractivity contribution < 1.29 is 14.6 Å². The van der Waals surface area contributed by atoms with E-state index < -0.39 is 5.97 Å². The van der Waals surface area contributed by atoms with Gasteiger partial charge in [-0.3, -0.25) is 0 Å². The van der Waals surface area contributed by atoms with E-state index in [1.807, 2.05) is 61.5 Å². The average Bonchev–Trinajstić information content (AvgIpc) is 3.07. The van der Waals surface area contributed by atoms with Gasteiger partial charge < -0.3 is 9.84 Å². The molecule has 132 valence electrons. The van der Waals surface area contributed by atoms with Crippen LogP contribution in [0.25, 0.3) is 5.57 Å². The number of aryl methyl sites for hydroxylation is 1. The molecule has 5 heteroatoms. The van der Waals surface area contributed by atoms with Crippen molar-refractivity contribution in [3.05, 3.63) is 87.9 Å². The molecule has 0 fully saturated rings. The number of aromatic nitrogens is 1. The van der Waals surface area contributed by atoms with Crippen LogP contribution in [0.4, 0.5) is 0 Å². The molecule has 26 heavy (non-hydrogen) atoms. The van der Waals surface area contributed by atoms with Gasteiger partial charge in [-0.25, -0.2) is 9.78 Å². The van der Waals surface area contributed by atoms with Gasteiger partial charge in [-0.1, -0.05) is 48.5 Å². The second-order valence-electron chi connectivity index (χ2n) is 5.84. The number of thiazole rings is 1. The summed E-state index contributed by atoms with van der Waals surface area (Å²) >= 11 is 1.49. The van der Waals surface area contributed by atoms with Gasteiger partial charge in [0.1, 0.15) is 17.4 Å². The Bertz CT molecular complexity index is 916. The minimum Gasteiger partial charge on any atom is -0.489 e. The second kappa shape index (κ2) is 8.45. The standard InChI is InChI=1S/C21H19NO3S/c1-15-13-22-21(26-15)18(12-20(23)24)11-17-9-5-6-10-19(17)25-14-16-7-3-2-4-8-16/h2-10,12-13H,11,14H2,1H3,(H,23,24)/b18-12-. The maximum atomic E-state index is 11.2. The normalized spacial score (nSPS) is 11.3. The van der Waals surface area contributed by atoms with Crippen LogP contribution >= 0.6 is 11.3 Å². The molecule has 0 saturated heterocycles. The predicted molar refractivity (Wildman–Crippen MR) is 103 cm³/mol. The Kier molecular flexibility index (Phi) is 5.81. The van der Waals surface area contributed by atoms with Gasteiger partial charge in [-0.05, 0) is 29.7 Å². The third-order valence-corrected chi connectivity index (χ3v) is 4.77. The molecule has 3 rings (SSSR count). The number of ether oxygens (including phenoxy) is 1. The van der Waals surface area contributed by atoms with E-state index in [0.29, 0.717) is 18.6 Å². The number of para-hydroxylation sites is 1. The average molecular weight is 365 g/mol. The summed E-state index contributed by atoms with van der Waals surface area (Å²) in [6, 6.07) is 17.6. The van der Waals surface area contributed by atoms with E-state index >= 15 is 0 Å². The van der Waals surface area contributed by atoms with Gasteiger partial charge in [0.05, 0.1) is 0 Å². The van der Waals surface area contributed by atoms with Crippen LogP contribution in [-0.4, -0.2) is 16.1 Å². The Morgan fingerprint density at radius 1 is 1.15 bits per heavy atom. The van der Waals surface area contributed by atoms with E-state index in [9.17, 15) is 9.90 Å². The van der Waals surface area contributed by atoms with Crippen LogP contribution in [-0.2, 0) is 17.8 Å². The third kappa shape index (κ3) is 4.80. The maximum absolute atomic E-state index is 11.2. The highest BCUT2D eigenvalue weighted by Gasteiger charge is 2.13. The maximum Gasteiger partial charge on any atom is 0.328 e. The molecule has 0 spiro atoms. The monoisotopic (exact) mass is 365 g/mol. The highest BCUT2D eigenvalue weighted by Crippen LogP contribution is 2.28. The number of nitrogens with zero attached hydrogens (tertiary/aromatic N) is 1. The first-order chi connectivity index (χ1) is 12.6. The van der Waals surface area contributed by atoms with Gasteiger partial charge in [0.25, 0.3) is 0 Å². The van der Waals surface area contributed by atoms with Crippen molar-refractivity contribution in [2.75, 3.05) is 0 Å². The lowest BCUT2D eigenvalue weighted by molar-refractivity contribution is -0.131. The third-order valence-electron chi connectivity index (χ3n) is 3.78. The van der Waals surface area contributed by atoms with Crippen molar-refractivity contribution >= 4 is 22.9 Å². The van der Waals surface area contributed by atoms with Gasteiger partial charge >= 0.3 is 5.97 Å². The Morgan fingerprint density at radius 3 is 2.58 bits per heavy atom. The summed E-state index contributed by atoms with van der Waals surface area (Å²) in [5, 5.41) is 9.95. The molecule has 1 aromatic heterocycles. The number of hydrogen-bond donors (Lipinski definition) is 1. The SMILES string of the molecule is Cc1cnc(/C(=C\C(=O)O)Cc2ccccc2OCc2ccccc2)s1. The Labute approximate surface area is 156 Å². The van der Waals surface area contributed by atoms with Crippen LogP contribution in [0.5, 0.6) is 5.75 Å². The van der Waals surface area contributed by atoms with E-state index in [1.165, 1.54) is 17.4 Å². The molecule has 2 aromatic carbocycles. The van der Waals surface area contributed by atoms with Crippen molar-refractivity contribution in [2.45, 2.75) is 20.0 Å². The lowest BCUT2D eigenvalue weighted by Gasteiger charge is -2.12. The van der Waals surface area contributed by atoms with Gasteiger partial charge in [0.15, 0.2) is 0 Å². The van der Waals surface area contributed by atoms with Crippen LogP contribution in [0.3, 0.4) is 0 Å². The molecule has 0 bridgehead atoms. The molecule has 0 amide bonds. The van der Waals surface area contributed by atoms with Crippen molar-refractivity contribution in [1.29, 1.82) is 0 Å². The fraction of sp³-hybridized carbons (Fsp3) is 0.143. The summed E-state index contributed by atoms with van der Waals surface area (Å²) < 4.78 is 5.98. The van der Waals surface area contributed by atoms with Crippen LogP contribution < -0.4 is 4.74 Å². The highest BCUT2D eigenvalue weighted by molar-refractivity contribution is 7.12. The number of hydrogen-bond acceptors (Lipinski definition) is 4. The quantitative estimate of drug-likeness (QED) is 0.614. The van der Waals surface area contributed by atoms with E-state index in [0.717, 1.165) is 26.8 Å². The molecule has 0 aliphatic rings. The van der Waals surface area contributed by atoms with Gasteiger partial charge in [-0.2, -0.15) is 0 Å². The van der Waals surface area contributed by atoms with Crippen molar-refractivity contribution in [3.63, 3.8) is 0 Å². The zero-order valence-corrected chi connectivity index (χ0v) is 15.2. The minimum absolute atomic E-state index is 0.449. The molecule has 0 atom stereocenters. The number of carboxylic acids is 1. The first-order valence-corrected chi connectivity index (χ1v) is 9.04. The number of aliphatic carboxylic acids is 1. The topological polar surface area (TPSA) is 59.4 Å². The molecule has 1 N–H and O–H groups in total. The van der Waals surface area contributed by atoms with Crippen LogP contribution in [0.2, 0.25) is 0 Å². The molecular weight excluding hydrogens is 346 g/mol. The highest BCUT2D eigenvalue weighted by atomic mass is 32.1. The molecular formula is C21H19NO3S. The summed E-state index contributed by atoms with van der Waals surface area (Å²) in [6.45, 7) is 2.42. The molecule has 0 radical (unpaired) electrons. The predicted octanol–water partition coefficient (Wildman–Crippen LogP) is 4.74. The number of benzene rings is 2. The molecule has 0 aliphatic heterocycles. The number of allylic oxidation sites excluding steroid dienone is 1. The first-order valence-electron chi connectivity index (χ1n) is 8.23. The van der Waals surface area contributed by atoms with Crippen LogP contribution in [0, 0.1) is 6.92 Å². The fourth-order valence-electron chi connectivity index (χ4n) is 2.57. The van der Waals surface area contributed by atoms with Gasteiger partial charge in [0.2, 0.25) is 0 Å². The van der Waals surface area contributed by atoms with Gasteiger partial charge in [-0.15, -0.1) is 11.3 Å². The van der Waals surface area contributed by atoms with Gasteiger partial charge in [0, 0.05) is 23.6 Å². The van der Waals surface area contributed by atoms with E-state index in [-0.39, 0.29) is 0 Å². The number of rotatable bonds is 7. The Hall–Kier alpha value is -2.92. The molecule has 0 unspecified atom stereocenters. The number of carbonyl (C=O) groups is 1. The fourth-order valence-corrected chi connectivity index (χ4v) is 3.35. The Morgan fingerprint density at radius 2 is 1.88 bits per heavy atom. The second-order valence-corrected chi connectivity index (χ2v) is 7.08. The van der Waals surface area contributed by atoms with E-state index in [2.05, 4.69) is 4.98 Å². The van der Waals surface area contributed by atoms with E-state index in [1.54, 1.807) is 6.20 Å². The largest absolute Gasteiger partial charge is 0.489 e. The molecule has 3 aromatic rings. The van der Waals surface area contributed by atoms with Crippen LogP contribution in [0.15, 0.2) is 66.9 Å². The number of carboxylic acid groups (broad SMARTS) is 1. The van der Waals surface area contributed by atoms with Crippen LogP contribution in [0.1, 0.15) is 21.0 Å². The summed E-state index contributed by atoms with van der Waals surface area (Å²) in [7, 11) is 0. The minimum atomic E-state index is -0.976. The summed E-state index contributed by atoms with van der Waals surface area (Å²) in [5.41, 5.74) is 2.69. The first kappa shape index (κ1) is 17.9. The zero-order valence-electron chi connectivity index (χ0n) is 14.4. The van der Waals surface area contributed by atoms with Crippen molar-refractivity contribution in [3.8, 4) is 5.75 Å². The lowest BCUT2D eigenvalue weighted by atomic mass is 10.0. The molecule has 4 nitrogen and oxygen atoms in total. The van der Waals surface area contributed by atoms with E-state index in [4.69, 9.17) is 4.74 Å². The smallest absolute Gasteiger partial charge is 0.328 e. The summed E-state index contributed by atoms with van der Waals surface area (Å²) in [6.07, 6.45) is 3.43. The lowest BCUT2D eigenvalue weighted by Crippen LogP contribution is -2.01.